The van der Waals surface area contributed by atoms with E-state index >= 15 is 0 Å². The van der Waals surface area contributed by atoms with Crippen LogP contribution in [0.5, 0.6) is 5.75 Å². The van der Waals surface area contributed by atoms with Crippen LogP contribution in [0.4, 0.5) is 5.69 Å². The van der Waals surface area contributed by atoms with Gasteiger partial charge in [-0.1, -0.05) is 29.8 Å². The summed E-state index contributed by atoms with van der Waals surface area (Å²) in [5.41, 5.74) is 5.76. The van der Waals surface area contributed by atoms with Crippen LogP contribution < -0.4 is 14.4 Å². The van der Waals surface area contributed by atoms with E-state index in [-0.39, 0.29) is 23.4 Å². The quantitative estimate of drug-likeness (QED) is 0.433. The summed E-state index contributed by atoms with van der Waals surface area (Å²) >= 11 is 0. The summed E-state index contributed by atoms with van der Waals surface area (Å²) in [4.78, 5) is 13.3. The molecule has 0 radical (unpaired) electrons. The lowest BCUT2D eigenvalue weighted by Gasteiger charge is -2.26. The zero-order chi connectivity index (χ0) is 25.8. The standard InChI is InChI=1S/C28H34N2O4S/c1-7-34-25-12-10-24(11-13-25)30(35(32,33)26-14-8-19(2)9-15-26)18-28(31)29-23(6)27-17-21(4)20(3)16-22(27)5/h8-17,23H,7,18H2,1-6H3,(H,29,31). The molecule has 1 amide bonds. The number of hydrogen-bond donors (Lipinski definition) is 1. The van der Waals surface area contributed by atoms with Gasteiger partial charge in [0.2, 0.25) is 5.91 Å². The van der Waals surface area contributed by atoms with Crippen molar-refractivity contribution in [3.05, 3.63) is 88.5 Å². The van der Waals surface area contributed by atoms with E-state index in [0.29, 0.717) is 18.0 Å². The van der Waals surface area contributed by atoms with Crippen molar-refractivity contribution in [3.8, 4) is 5.75 Å². The minimum Gasteiger partial charge on any atom is -0.494 e. The lowest BCUT2D eigenvalue weighted by atomic mass is 9.96. The first-order chi connectivity index (χ1) is 16.5. The van der Waals surface area contributed by atoms with Gasteiger partial charge in [0.05, 0.1) is 23.2 Å². The van der Waals surface area contributed by atoms with Gasteiger partial charge in [0.15, 0.2) is 0 Å². The fourth-order valence-corrected chi connectivity index (χ4v) is 5.39. The molecule has 0 aliphatic carbocycles. The molecule has 0 fully saturated rings. The molecule has 35 heavy (non-hydrogen) atoms. The number of ether oxygens (including phenoxy) is 1. The molecular weight excluding hydrogens is 460 g/mol. The van der Waals surface area contributed by atoms with Crippen molar-refractivity contribution in [1.29, 1.82) is 0 Å². The molecule has 0 heterocycles. The number of anilines is 1. The van der Waals surface area contributed by atoms with Gasteiger partial charge in [-0.15, -0.1) is 0 Å². The Bertz CT molecular complexity index is 1280. The van der Waals surface area contributed by atoms with E-state index in [1.54, 1.807) is 48.5 Å². The first-order valence-electron chi connectivity index (χ1n) is 11.7. The van der Waals surface area contributed by atoms with Gasteiger partial charge in [-0.05, 0) is 100 Å². The number of sulfonamides is 1. The van der Waals surface area contributed by atoms with Gasteiger partial charge >= 0.3 is 0 Å². The lowest BCUT2D eigenvalue weighted by molar-refractivity contribution is -0.120. The monoisotopic (exact) mass is 494 g/mol. The molecule has 3 aromatic rings. The molecule has 0 aromatic heterocycles. The van der Waals surface area contributed by atoms with Gasteiger partial charge in [-0.25, -0.2) is 8.42 Å². The van der Waals surface area contributed by atoms with Crippen LogP contribution in [0.15, 0.2) is 65.6 Å². The maximum atomic E-state index is 13.6. The van der Waals surface area contributed by atoms with Gasteiger partial charge in [-0.2, -0.15) is 0 Å². The van der Waals surface area contributed by atoms with Gasteiger partial charge < -0.3 is 10.1 Å². The number of carbonyl (C=O) groups excluding carboxylic acids is 1. The molecular formula is C28H34N2O4S. The van der Waals surface area contributed by atoms with Crippen LogP contribution in [0.1, 0.15) is 47.7 Å². The molecule has 3 rings (SSSR count). The number of aryl methyl sites for hydroxylation is 4. The van der Waals surface area contributed by atoms with Crippen LogP contribution in [0.3, 0.4) is 0 Å². The van der Waals surface area contributed by atoms with Crippen molar-refractivity contribution in [3.63, 3.8) is 0 Å². The molecule has 1 atom stereocenters. The molecule has 1 unspecified atom stereocenters. The first kappa shape index (κ1) is 26.3. The van der Waals surface area contributed by atoms with E-state index in [0.717, 1.165) is 26.6 Å². The molecule has 3 aromatic carbocycles. The first-order valence-corrected chi connectivity index (χ1v) is 13.2. The summed E-state index contributed by atoms with van der Waals surface area (Å²) in [5.74, 6) is 0.243. The van der Waals surface area contributed by atoms with Crippen molar-refractivity contribution in [2.75, 3.05) is 17.5 Å². The summed E-state index contributed by atoms with van der Waals surface area (Å²) in [6, 6.07) is 17.2. The maximum Gasteiger partial charge on any atom is 0.264 e. The van der Waals surface area contributed by atoms with E-state index in [1.165, 1.54) is 5.56 Å². The zero-order valence-electron chi connectivity index (χ0n) is 21.3. The van der Waals surface area contributed by atoms with Gasteiger partial charge in [0.1, 0.15) is 12.3 Å². The second kappa shape index (κ2) is 11.0. The molecule has 0 saturated carbocycles. The highest BCUT2D eigenvalue weighted by molar-refractivity contribution is 7.92. The zero-order valence-corrected chi connectivity index (χ0v) is 22.1. The Hall–Kier alpha value is -3.32. The van der Waals surface area contributed by atoms with Gasteiger partial charge in [-0.3, -0.25) is 9.10 Å². The predicted molar refractivity (Wildman–Crippen MR) is 141 cm³/mol. The third-order valence-corrected chi connectivity index (χ3v) is 7.85. The van der Waals surface area contributed by atoms with E-state index in [1.807, 2.05) is 34.6 Å². The van der Waals surface area contributed by atoms with Crippen LogP contribution in [0, 0.1) is 27.7 Å². The normalized spacial score (nSPS) is 12.2. The Morgan fingerprint density at radius 1 is 0.914 bits per heavy atom. The summed E-state index contributed by atoms with van der Waals surface area (Å²) in [6.45, 7) is 11.9. The Labute approximate surface area is 209 Å². The summed E-state index contributed by atoms with van der Waals surface area (Å²) in [7, 11) is -3.98. The molecule has 7 heteroatoms. The molecule has 0 bridgehead atoms. The van der Waals surface area contributed by atoms with Crippen molar-refractivity contribution in [1.82, 2.24) is 5.32 Å². The van der Waals surface area contributed by atoms with Crippen LogP contribution >= 0.6 is 0 Å². The molecule has 0 aliphatic rings. The highest BCUT2D eigenvalue weighted by Gasteiger charge is 2.28. The van der Waals surface area contributed by atoms with Crippen LogP contribution in [-0.4, -0.2) is 27.5 Å². The summed E-state index contributed by atoms with van der Waals surface area (Å²) in [6.07, 6.45) is 0. The van der Waals surface area contributed by atoms with Gasteiger partial charge in [0, 0.05) is 0 Å². The van der Waals surface area contributed by atoms with E-state index < -0.39 is 10.0 Å². The number of benzene rings is 3. The average molecular weight is 495 g/mol. The number of hydrogen-bond acceptors (Lipinski definition) is 4. The summed E-state index contributed by atoms with van der Waals surface area (Å²) in [5, 5.41) is 2.98. The summed E-state index contributed by atoms with van der Waals surface area (Å²) < 4.78 is 33.8. The molecule has 0 saturated heterocycles. The average Bonchev–Trinajstić information content (AvgIpc) is 2.81. The minimum atomic E-state index is -3.98. The number of amides is 1. The Balaban J connectivity index is 1.91. The Kier molecular flexibility index (Phi) is 8.22. The SMILES string of the molecule is CCOc1ccc(N(CC(=O)NC(C)c2cc(C)c(C)cc2C)S(=O)(=O)c2ccc(C)cc2)cc1. The van der Waals surface area contributed by atoms with Crippen LogP contribution in [-0.2, 0) is 14.8 Å². The minimum absolute atomic E-state index is 0.128. The predicted octanol–water partition coefficient (Wildman–Crippen LogP) is 5.39. The van der Waals surface area contributed by atoms with E-state index in [9.17, 15) is 13.2 Å². The lowest BCUT2D eigenvalue weighted by Crippen LogP contribution is -2.41. The van der Waals surface area contributed by atoms with Crippen molar-refractivity contribution < 1.29 is 17.9 Å². The Morgan fingerprint density at radius 3 is 2.11 bits per heavy atom. The van der Waals surface area contributed by atoms with E-state index in [4.69, 9.17) is 4.74 Å². The van der Waals surface area contributed by atoms with Crippen molar-refractivity contribution in [2.45, 2.75) is 52.5 Å². The smallest absolute Gasteiger partial charge is 0.264 e. The number of nitrogens with zero attached hydrogens (tertiary/aromatic N) is 1. The topological polar surface area (TPSA) is 75.7 Å². The third kappa shape index (κ3) is 6.22. The highest BCUT2D eigenvalue weighted by atomic mass is 32.2. The fourth-order valence-electron chi connectivity index (χ4n) is 3.97. The Morgan fingerprint density at radius 2 is 1.51 bits per heavy atom. The largest absolute Gasteiger partial charge is 0.494 e. The third-order valence-electron chi connectivity index (χ3n) is 6.06. The molecule has 6 nitrogen and oxygen atoms in total. The number of rotatable bonds is 9. The molecule has 0 aliphatic heterocycles. The second-order valence-electron chi connectivity index (χ2n) is 8.83. The fraction of sp³-hybridized carbons (Fsp3) is 0.321. The van der Waals surface area contributed by atoms with Crippen LogP contribution in [0.2, 0.25) is 0 Å². The number of carbonyl (C=O) groups is 1. The second-order valence-corrected chi connectivity index (χ2v) is 10.7. The molecule has 1 N–H and O–H groups in total. The number of nitrogens with one attached hydrogen (secondary N) is 1. The molecule has 0 spiro atoms. The van der Waals surface area contributed by atoms with Crippen molar-refractivity contribution in [2.24, 2.45) is 0 Å². The van der Waals surface area contributed by atoms with Crippen molar-refractivity contribution >= 4 is 21.6 Å². The van der Waals surface area contributed by atoms with Crippen LogP contribution in [0.25, 0.3) is 0 Å². The maximum absolute atomic E-state index is 13.6. The van der Waals surface area contributed by atoms with Gasteiger partial charge in [0.25, 0.3) is 10.0 Å². The molecule has 186 valence electrons. The highest BCUT2D eigenvalue weighted by Crippen LogP contribution is 2.27. The van der Waals surface area contributed by atoms with E-state index in [2.05, 4.69) is 24.4 Å².